The zero-order valence-electron chi connectivity index (χ0n) is 14.7. The largest absolute Gasteiger partial charge is 0.435 e. The average molecular weight is 372 g/mol. The summed E-state index contributed by atoms with van der Waals surface area (Å²) in [4.78, 5) is 27.7. The van der Waals surface area contributed by atoms with Crippen molar-refractivity contribution in [3.05, 3.63) is 18.0 Å². The number of nitrogens with zero attached hydrogens (tertiary/aromatic N) is 4. The van der Waals surface area contributed by atoms with Crippen LogP contribution >= 0.6 is 0 Å². The Morgan fingerprint density at radius 3 is 2.38 bits per heavy atom. The monoisotopic (exact) mass is 372 g/mol. The molecule has 1 aromatic rings. The van der Waals surface area contributed by atoms with E-state index in [1.165, 1.54) is 17.8 Å². The summed E-state index contributed by atoms with van der Waals surface area (Å²) in [6.45, 7) is 3.67. The SMILES string of the molecule is CC(=O)N1CCCC(C(=O)N2CCC(n3ccc(C(F)(F)F)n3)CC2)C1. The summed E-state index contributed by atoms with van der Waals surface area (Å²) in [5.41, 5.74) is -0.887. The first-order chi connectivity index (χ1) is 12.3. The van der Waals surface area contributed by atoms with E-state index in [0.29, 0.717) is 39.0 Å². The van der Waals surface area contributed by atoms with E-state index in [2.05, 4.69) is 5.10 Å². The summed E-state index contributed by atoms with van der Waals surface area (Å²) < 4.78 is 39.4. The Kier molecular flexibility index (Phi) is 5.24. The zero-order chi connectivity index (χ0) is 18.9. The number of aromatic nitrogens is 2. The van der Waals surface area contributed by atoms with Crippen molar-refractivity contribution in [2.45, 2.75) is 44.8 Å². The molecule has 26 heavy (non-hydrogen) atoms. The van der Waals surface area contributed by atoms with Crippen molar-refractivity contribution in [2.24, 2.45) is 5.92 Å². The fourth-order valence-electron chi connectivity index (χ4n) is 3.77. The predicted octanol–water partition coefficient (Wildman–Crippen LogP) is 2.32. The van der Waals surface area contributed by atoms with Crippen LogP contribution in [0.15, 0.2) is 12.3 Å². The number of hydrogen-bond acceptors (Lipinski definition) is 3. The third kappa shape index (κ3) is 4.02. The van der Waals surface area contributed by atoms with Gasteiger partial charge in [-0.3, -0.25) is 14.3 Å². The van der Waals surface area contributed by atoms with E-state index in [1.807, 2.05) is 0 Å². The molecule has 2 fully saturated rings. The van der Waals surface area contributed by atoms with Gasteiger partial charge in [-0.1, -0.05) is 0 Å². The highest BCUT2D eigenvalue weighted by Crippen LogP contribution is 2.30. The number of alkyl halides is 3. The molecule has 1 unspecified atom stereocenters. The van der Waals surface area contributed by atoms with Crippen LogP contribution in [0, 0.1) is 5.92 Å². The fraction of sp³-hybridized carbons (Fsp3) is 0.706. The molecule has 144 valence electrons. The van der Waals surface area contributed by atoms with Crippen molar-refractivity contribution >= 4 is 11.8 Å². The van der Waals surface area contributed by atoms with Crippen LogP contribution in [0.4, 0.5) is 13.2 Å². The van der Waals surface area contributed by atoms with Crippen LogP contribution in [0.25, 0.3) is 0 Å². The number of amides is 2. The predicted molar refractivity (Wildman–Crippen MR) is 87.1 cm³/mol. The van der Waals surface area contributed by atoms with Crippen molar-refractivity contribution < 1.29 is 22.8 Å². The second-order valence-corrected chi connectivity index (χ2v) is 7.04. The molecular formula is C17H23F3N4O2. The second-order valence-electron chi connectivity index (χ2n) is 7.04. The lowest BCUT2D eigenvalue weighted by molar-refractivity contribution is -0.141. The molecule has 0 radical (unpaired) electrons. The first-order valence-corrected chi connectivity index (χ1v) is 8.92. The fourth-order valence-corrected chi connectivity index (χ4v) is 3.77. The number of carbonyl (C=O) groups excluding carboxylic acids is 2. The van der Waals surface area contributed by atoms with E-state index >= 15 is 0 Å². The van der Waals surface area contributed by atoms with Crippen LogP contribution in [0.1, 0.15) is 44.3 Å². The molecule has 2 aliphatic rings. The molecule has 0 aromatic carbocycles. The van der Waals surface area contributed by atoms with Crippen LogP contribution in [-0.4, -0.2) is 57.6 Å². The van der Waals surface area contributed by atoms with Gasteiger partial charge in [0.15, 0.2) is 5.69 Å². The standard InChI is InChI=1S/C17H23F3N4O2/c1-12(25)23-7-2-3-13(11-23)16(26)22-8-4-14(5-9-22)24-10-6-15(21-24)17(18,19)20/h6,10,13-14H,2-5,7-9,11H2,1H3. The Hall–Kier alpha value is -2.06. The lowest BCUT2D eigenvalue weighted by Gasteiger charge is -2.37. The third-order valence-corrected chi connectivity index (χ3v) is 5.27. The summed E-state index contributed by atoms with van der Waals surface area (Å²) in [5, 5.41) is 3.64. The number of halogens is 3. The Morgan fingerprint density at radius 2 is 1.81 bits per heavy atom. The number of carbonyl (C=O) groups is 2. The molecule has 1 aromatic heterocycles. The van der Waals surface area contributed by atoms with Gasteiger partial charge in [-0.2, -0.15) is 18.3 Å². The maximum absolute atomic E-state index is 12.7. The van der Waals surface area contributed by atoms with Gasteiger partial charge >= 0.3 is 6.18 Å². The maximum atomic E-state index is 12.7. The molecule has 0 aliphatic carbocycles. The van der Waals surface area contributed by atoms with Crippen LogP contribution < -0.4 is 0 Å². The van der Waals surface area contributed by atoms with Crippen LogP contribution in [0.2, 0.25) is 0 Å². The normalized spacial score (nSPS) is 22.5. The van der Waals surface area contributed by atoms with Gasteiger partial charge in [0, 0.05) is 39.3 Å². The Morgan fingerprint density at radius 1 is 1.12 bits per heavy atom. The van der Waals surface area contributed by atoms with E-state index < -0.39 is 11.9 Å². The Bertz CT molecular complexity index is 665. The van der Waals surface area contributed by atoms with Crippen LogP contribution in [0.3, 0.4) is 0 Å². The Balaban J connectivity index is 1.55. The number of rotatable bonds is 2. The van der Waals surface area contributed by atoms with Gasteiger partial charge in [-0.15, -0.1) is 0 Å². The molecule has 1 atom stereocenters. The maximum Gasteiger partial charge on any atom is 0.435 e. The summed E-state index contributed by atoms with van der Waals surface area (Å²) in [5.74, 6) is -0.142. The molecule has 3 rings (SSSR count). The first kappa shape index (κ1) is 18.7. The average Bonchev–Trinajstić information content (AvgIpc) is 3.12. The highest BCUT2D eigenvalue weighted by molar-refractivity contribution is 5.81. The quantitative estimate of drug-likeness (QED) is 0.801. The van der Waals surface area contributed by atoms with Crippen molar-refractivity contribution in [1.29, 1.82) is 0 Å². The van der Waals surface area contributed by atoms with Crippen LogP contribution in [0.5, 0.6) is 0 Å². The summed E-state index contributed by atoms with van der Waals surface area (Å²) >= 11 is 0. The van der Waals surface area contributed by atoms with Gasteiger partial charge in [0.25, 0.3) is 0 Å². The highest BCUT2D eigenvalue weighted by atomic mass is 19.4. The van der Waals surface area contributed by atoms with Gasteiger partial charge < -0.3 is 9.80 Å². The lowest BCUT2D eigenvalue weighted by atomic mass is 9.95. The molecule has 6 nitrogen and oxygen atoms in total. The minimum atomic E-state index is -4.44. The molecule has 2 aliphatic heterocycles. The van der Waals surface area contributed by atoms with E-state index in [1.54, 1.807) is 9.80 Å². The molecule has 2 amide bonds. The van der Waals surface area contributed by atoms with E-state index in [9.17, 15) is 22.8 Å². The molecule has 0 bridgehead atoms. The van der Waals surface area contributed by atoms with E-state index in [0.717, 1.165) is 18.9 Å². The van der Waals surface area contributed by atoms with Crippen molar-refractivity contribution in [2.75, 3.05) is 26.2 Å². The lowest BCUT2D eigenvalue weighted by Crippen LogP contribution is -2.48. The third-order valence-electron chi connectivity index (χ3n) is 5.27. The van der Waals surface area contributed by atoms with Gasteiger partial charge in [0.2, 0.25) is 11.8 Å². The van der Waals surface area contributed by atoms with Gasteiger partial charge in [0.05, 0.1) is 12.0 Å². The van der Waals surface area contributed by atoms with Gasteiger partial charge in [-0.05, 0) is 31.7 Å². The summed E-state index contributed by atoms with van der Waals surface area (Å²) in [6, 6.07) is 0.853. The second kappa shape index (κ2) is 7.28. The topological polar surface area (TPSA) is 58.4 Å². The van der Waals surface area contributed by atoms with Gasteiger partial charge in [0.1, 0.15) is 0 Å². The van der Waals surface area contributed by atoms with Crippen molar-refractivity contribution in [3.8, 4) is 0 Å². The molecular weight excluding hydrogens is 349 g/mol. The van der Waals surface area contributed by atoms with E-state index in [-0.39, 0.29) is 23.8 Å². The number of likely N-dealkylation sites (tertiary alicyclic amines) is 2. The summed E-state index contributed by atoms with van der Waals surface area (Å²) in [6.07, 6.45) is -0.333. The first-order valence-electron chi connectivity index (χ1n) is 8.92. The van der Waals surface area contributed by atoms with Crippen LogP contribution in [-0.2, 0) is 15.8 Å². The molecule has 3 heterocycles. The zero-order valence-corrected chi connectivity index (χ0v) is 14.7. The molecule has 2 saturated heterocycles. The molecule has 0 saturated carbocycles. The van der Waals surface area contributed by atoms with Crippen molar-refractivity contribution in [3.63, 3.8) is 0 Å². The number of hydrogen-bond donors (Lipinski definition) is 0. The highest BCUT2D eigenvalue weighted by Gasteiger charge is 2.35. The molecule has 9 heteroatoms. The minimum absolute atomic E-state index is 0.0136. The molecule has 0 spiro atoms. The summed E-state index contributed by atoms with van der Waals surface area (Å²) in [7, 11) is 0. The van der Waals surface area contributed by atoms with Crippen molar-refractivity contribution in [1.82, 2.24) is 19.6 Å². The number of piperidine rings is 2. The smallest absolute Gasteiger partial charge is 0.342 e. The molecule has 0 N–H and O–H groups in total. The minimum Gasteiger partial charge on any atom is -0.342 e. The van der Waals surface area contributed by atoms with Gasteiger partial charge in [-0.25, -0.2) is 0 Å². The Labute approximate surface area is 149 Å². The van der Waals surface area contributed by atoms with E-state index in [4.69, 9.17) is 0 Å².